The molecule has 0 bridgehead atoms. The van der Waals surface area contributed by atoms with Gasteiger partial charge in [-0.25, -0.2) is 13.8 Å². The van der Waals surface area contributed by atoms with Crippen molar-refractivity contribution in [3.8, 4) is 0 Å². The number of halogens is 4. The molecule has 1 amide bonds. The summed E-state index contributed by atoms with van der Waals surface area (Å²) in [5.74, 6) is -6.65. The molecule has 0 unspecified atom stereocenters. The van der Waals surface area contributed by atoms with Crippen molar-refractivity contribution in [2.75, 3.05) is 14.1 Å². The maximum Gasteiger partial charge on any atom is 0.384 e. The second-order valence-corrected chi connectivity index (χ2v) is 2.26. The van der Waals surface area contributed by atoms with E-state index in [1.54, 1.807) is 0 Å². The van der Waals surface area contributed by atoms with Gasteiger partial charge in [-0.05, 0) is 0 Å². The van der Waals surface area contributed by atoms with Gasteiger partial charge >= 0.3 is 18.3 Å². The molecular weight excluding hydrogens is 180 g/mol. The number of rotatable bonds is 3. The fraction of sp³-hybridized carbons (Fsp3) is 0.800. The molecule has 0 aliphatic carbocycles. The lowest BCUT2D eigenvalue weighted by molar-refractivity contribution is -0.173. The molecule has 0 radical (unpaired) electrons. The van der Waals surface area contributed by atoms with Crippen LogP contribution in [0.25, 0.3) is 0 Å². The van der Waals surface area contributed by atoms with Gasteiger partial charge in [0, 0.05) is 14.1 Å². The maximum absolute atomic E-state index is 12.1. The standard InChI is InChI=1S/C5H8F4N2O/c1-11(2)10-4(12)5(8,9)3(6)7/h3H,1-2H3,(H,10,12). The first-order chi connectivity index (χ1) is 5.28. The predicted molar refractivity (Wildman–Crippen MR) is 32.8 cm³/mol. The van der Waals surface area contributed by atoms with E-state index < -0.39 is 18.3 Å². The van der Waals surface area contributed by atoms with E-state index in [-0.39, 0.29) is 0 Å². The quantitative estimate of drug-likeness (QED) is 0.516. The third kappa shape index (κ3) is 2.65. The summed E-state index contributed by atoms with van der Waals surface area (Å²) in [5, 5.41) is 0.860. The molecule has 0 rings (SSSR count). The Hall–Kier alpha value is -0.850. The molecule has 0 aromatic rings. The van der Waals surface area contributed by atoms with E-state index in [4.69, 9.17) is 0 Å². The number of hydrogen-bond donors (Lipinski definition) is 1. The van der Waals surface area contributed by atoms with E-state index in [9.17, 15) is 22.4 Å². The molecule has 0 saturated carbocycles. The van der Waals surface area contributed by atoms with E-state index in [1.807, 2.05) is 0 Å². The highest BCUT2D eigenvalue weighted by Crippen LogP contribution is 2.22. The molecule has 0 aliphatic heterocycles. The van der Waals surface area contributed by atoms with Crippen LogP contribution in [0.15, 0.2) is 0 Å². The van der Waals surface area contributed by atoms with Crippen molar-refractivity contribution in [3.05, 3.63) is 0 Å². The smallest absolute Gasteiger partial charge is 0.284 e. The number of amides is 1. The summed E-state index contributed by atoms with van der Waals surface area (Å²) < 4.78 is 47.2. The van der Waals surface area contributed by atoms with Crippen molar-refractivity contribution in [1.29, 1.82) is 0 Å². The predicted octanol–water partition coefficient (Wildman–Crippen LogP) is 0.480. The normalized spacial score (nSPS) is 12.3. The number of hydrazine groups is 1. The molecular formula is C5H8F4N2O. The molecule has 1 N–H and O–H groups in total. The first-order valence-corrected chi connectivity index (χ1v) is 2.93. The SMILES string of the molecule is CN(C)NC(=O)C(F)(F)C(F)F. The van der Waals surface area contributed by atoms with Crippen molar-refractivity contribution in [2.24, 2.45) is 0 Å². The summed E-state index contributed by atoms with van der Waals surface area (Å²) >= 11 is 0. The molecule has 0 atom stereocenters. The fourth-order valence-corrected chi connectivity index (χ4v) is 0.377. The summed E-state index contributed by atoms with van der Waals surface area (Å²) in [4.78, 5) is 10.3. The molecule has 0 aromatic heterocycles. The minimum absolute atomic E-state index is 0.860. The van der Waals surface area contributed by atoms with E-state index in [0.717, 1.165) is 5.01 Å². The van der Waals surface area contributed by atoms with E-state index >= 15 is 0 Å². The van der Waals surface area contributed by atoms with Crippen LogP contribution >= 0.6 is 0 Å². The molecule has 72 valence electrons. The van der Waals surface area contributed by atoms with Crippen LogP contribution < -0.4 is 5.43 Å². The van der Waals surface area contributed by atoms with Crippen LogP contribution in [0.2, 0.25) is 0 Å². The summed E-state index contributed by atoms with van der Waals surface area (Å²) in [6, 6.07) is 0. The van der Waals surface area contributed by atoms with E-state index in [2.05, 4.69) is 0 Å². The minimum Gasteiger partial charge on any atom is -0.284 e. The lowest BCUT2D eigenvalue weighted by atomic mass is 10.3. The second kappa shape index (κ2) is 3.70. The average molecular weight is 188 g/mol. The van der Waals surface area contributed by atoms with Gasteiger partial charge in [0.05, 0.1) is 0 Å². The van der Waals surface area contributed by atoms with Gasteiger partial charge in [0.25, 0.3) is 0 Å². The first kappa shape index (κ1) is 11.2. The summed E-state index contributed by atoms with van der Waals surface area (Å²) in [6.45, 7) is 0. The Morgan fingerprint density at radius 2 is 1.83 bits per heavy atom. The van der Waals surface area contributed by atoms with Crippen LogP contribution in [0.4, 0.5) is 17.6 Å². The number of nitrogens with zero attached hydrogens (tertiary/aromatic N) is 1. The van der Waals surface area contributed by atoms with Gasteiger partial charge in [0.2, 0.25) is 0 Å². The number of carbonyl (C=O) groups is 1. The van der Waals surface area contributed by atoms with Gasteiger partial charge in [0.1, 0.15) is 0 Å². The van der Waals surface area contributed by atoms with E-state index in [0.29, 0.717) is 0 Å². The van der Waals surface area contributed by atoms with Gasteiger partial charge in [-0.2, -0.15) is 8.78 Å². The van der Waals surface area contributed by atoms with Crippen LogP contribution in [0, 0.1) is 0 Å². The number of hydrogen-bond acceptors (Lipinski definition) is 2. The third-order valence-electron chi connectivity index (χ3n) is 0.902. The molecule has 0 heterocycles. The molecule has 7 heteroatoms. The Morgan fingerprint density at radius 3 is 2.08 bits per heavy atom. The monoisotopic (exact) mass is 188 g/mol. The number of carbonyl (C=O) groups excluding carboxylic acids is 1. The van der Waals surface area contributed by atoms with Crippen molar-refractivity contribution in [3.63, 3.8) is 0 Å². The molecule has 0 fully saturated rings. The lowest BCUT2D eigenvalue weighted by Crippen LogP contribution is -2.49. The Morgan fingerprint density at radius 1 is 1.42 bits per heavy atom. The minimum atomic E-state index is -4.63. The highest BCUT2D eigenvalue weighted by Gasteiger charge is 2.49. The molecule has 0 saturated heterocycles. The fourth-order valence-electron chi connectivity index (χ4n) is 0.377. The number of alkyl halides is 4. The van der Waals surface area contributed by atoms with Crippen LogP contribution in [-0.4, -0.2) is 37.4 Å². The van der Waals surface area contributed by atoms with Gasteiger partial charge in [-0.3, -0.25) is 10.2 Å². The van der Waals surface area contributed by atoms with Crippen LogP contribution in [0.3, 0.4) is 0 Å². The first-order valence-electron chi connectivity index (χ1n) is 2.93. The highest BCUT2D eigenvalue weighted by atomic mass is 19.3. The topological polar surface area (TPSA) is 32.3 Å². The Labute approximate surface area is 66.3 Å². The zero-order valence-corrected chi connectivity index (χ0v) is 6.44. The Balaban J connectivity index is 4.26. The summed E-state index contributed by atoms with van der Waals surface area (Å²) in [7, 11) is 2.47. The third-order valence-corrected chi connectivity index (χ3v) is 0.902. The Bertz CT molecular complexity index is 171. The van der Waals surface area contributed by atoms with Crippen molar-refractivity contribution >= 4 is 5.91 Å². The Kier molecular flexibility index (Phi) is 3.44. The zero-order chi connectivity index (χ0) is 9.94. The average Bonchev–Trinajstić information content (AvgIpc) is 1.85. The van der Waals surface area contributed by atoms with Gasteiger partial charge in [-0.1, -0.05) is 0 Å². The number of nitrogens with one attached hydrogen (secondary N) is 1. The van der Waals surface area contributed by atoms with Crippen LogP contribution in [0.1, 0.15) is 0 Å². The zero-order valence-electron chi connectivity index (χ0n) is 6.44. The van der Waals surface area contributed by atoms with Gasteiger partial charge in [0.15, 0.2) is 0 Å². The largest absolute Gasteiger partial charge is 0.384 e. The lowest BCUT2D eigenvalue weighted by Gasteiger charge is -2.18. The maximum atomic E-state index is 12.1. The molecule has 0 aliphatic rings. The van der Waals surface area contributed by atoms with Crippen molar-refractivity contribution in [2.45, 2.75) is 12.3 Å². The molecule has 0 aromatic carbocycles. The molecule has 3 nitrogen and oxygen atoms in total. The highest BCUT2D eigenvalue weighted by molar-refractivity contribution is 5.83. The molecule has 12 heavy (non-hydrogen) atoms. The van der Waals surface area contributed by atoms with Crippen molar-refractivity contribution in [1.82, 2.24) is 10.4 Å². The van der Waals surface area contributed by atoms with Gasteiger partial charge in [-0.15, -0.1) is 0 Å². The van der Waals surface area contributed by atoms with Gasteiger partial charge < -0.3 is 0 Å². The summed E-state index contributed by atoms with van der Waals surface area (Å²) in [5.41, 5.74) is 1.53. The molecule has 0 spiro atoms. The van der Waals surface area contributed by atoms with E-state index in [1.165, 1.54) is 19.5 Å². The second-order valence-electron chi connectivity index (χ2n) is 2.26. The van der Waals surface area contributed by atoms with Crippen molar-refractivity contribution < 1.29 is 22.4 Å². The van der Waals surface area contributed by atoms with Crippen LogP contribution in [-0.2, 0) is 4.79 Å². The van der Waals surface area contributed by atoms with Crippen LogP contribution in [0.5, 0.6) is 0 Å². The summed E-state index contributed by atoms with van der Waals surface area (Å²) in [6.07, 6.45) is -3.99.